The largest absolute Gasteiger partial charge is 0.494 e. The molecule has 1 aromatic carbocycles. The second-order valence-electron chi connectivity index (χ2n) is 5.52. The predicted molar refractivity (Wildman–Crippen MR) is 86.5 cm³/mol. The summed E-state index contributed by atoms with van der Waals surface area (Å²) in [4.78, 5) is 23.7. The van der Waals surface area contributed by atoms with Gasteiger partial charge in [-0.25, -0.2) is 0 Å². The highest BCUT2D eigenvalue weighted by molar-refractivity contribution is 5.88. The first kappa shape index (κ1) is 17.1. The van der Waals surface area contributed by atoms with Gasteiger partial charge in [0.15, 0.2) is 6.61 Å². The van der Waals surface area contributed by atoms with E-state index >= 15 is 0 Å². The van der Waals surface area contributed by atoms with Crippen molar-refractivity contribution in [3.05, 3.63) is 24.3 Å². The molecule has 23 heavy (non-hydrogen) atoms. The number of carbonyl (C=O) groups is 2. The first-order valence-electron chi connectivity index (χ1n) is 8.12. The van der Waals surface area contributed by atoms with E-state index in [2.05, 4.69) is 10.6 Å². The molecule has 6 heteroatoms. The summed E-state index contributed by atoms with van der Waals surface area (Å²) in [5.41, 5.74) is 0. The van der Waals surface area contributed by atoms with Crippen LogP contribution in [-0.2, 0) is 9.59 Å². The molecule has 2 rings (SSSR count). The van der Waals surface area contributed by atoms with E-state index in [1.807, 2.05) is 19.1 Å². The van der Waals surface area contributed by atoms with E-state index in [1.165, 1.54) is 0 Å². The molecular weight excluding hydrogens is 296 g/mol. The highest BCUT2D eigenvalue weighted by Gasteiger charge is 2.22. The van der Waals surface area contributed by atoms with E-state index in [9.17, 15) is 9.59 Å². The summed E-state index contributed by atoms with van der Waals surface area (Å²) in [5.74, 6) is 0.958. The summed E-state index contributed by atoms with van der Waals surface area (Å²) in [7, 11) is 0. The second-order valence-corrected chi connectivity index (χ2v) is 5.52. The minimum Gasteiger partial charge on any atom is -0.494 e. The van der Waals surface area contributed by atoms with Gasteiger partial charge >= 0.3 is 0 Å². The summed E-state index contributed by atoms with van der Waals surface area (Å²) >= 11 is 0. The number of benzene rings is 1. The fourth-order valence-corrected chi connectivity index (χ4v) is 2.31. The van der Waals surface area contributed by atoms with Crippen molar-refractivity contribution in [1.82, 2.24) is 10.6 Å². The Morgan fingerprint density at radius 3 is 2.61 bits per heavy atom. The molecule has 0 unspecified atom stereocenters. The van der Waals surface area contributed by atoms with Gasteiger partial charge in [-0.05, 0) is 49.9 Å². The maximum atomic E-state index is 11.9. The molecule has 1 aliphatic rings. The molecule has 0 saturated carbocycles. The Bertz CT molecular complexity index is 516. The predicted octanol–water partition coefficient (Wildman–Crippen LogP) is 1.64. The van der Waals surface area contributed by atoms with Gasteiger partial charge in [0.25, 0.3) is 5.91 Å². The highest BCUT2D eigenvalue weighted by Crippen LogP contribution is 2.17. The van der Waals surface area contributed by atoms with Gasteiger partial charge in [-0.1, -0.05) is 6.92 Å². The average Bonchev–Trinajstić information content (AvgIpc) is 2.77. The first-order chi connectivity index (χ1) is 11.2. The fourth-order valence-electron chi connectivity index (χ4n) is 2.31. The Morgan fingerprint density at radius 1 is 1.22 bits per heavy atom. The van der Waals surface area contributed by atoms with Crippen LogP contribution in [0.2, 0.25) is 0 Å². The molecule has 126 valence electrons. The molecule has 2 amide bonds. The normalized spacial score (nSPS) is 17.8. The van der Waals surface area contributed by atoms with Crippen LogP contribution in [0.4, 0.5) is 0 Å². The molecule has 1 heterocycles. The summed E-state index contributed by atoms with van der Waals surface area (Å²) in [5, 5.41) is 5.51. The maximum Gasteiger partial charge on any atom is 0.258 e. The third-order valence-electron chi connectivity index (χ3n) is 3.54. The van der Waals surface area contributed by atoms with Gasteiger partial charge in [0.1, 0.15) is 17.5 Å². The van der Waals surface area contributed by atoms with Crippen LogP contribution in [0.15, 0.2) is 24.3 Å². The van der Waals surface area contributed by atoms with E-state index < -0.39 is 6.04 Å². The molecule has 1 saturated heterocycles. The van der Waals surface area contributed by atoms with Crippen LogP contribution in [0.25, 0.3) is 0 Å². The number of amides is 2. The number of nitrogens with one attached hydrogen (secondary N) is 2. The second kappa shape index (κ2) is 9.02. The zero-order valence-electron chi connectivity index (χ0n) is 13.5. The third kappa shape index (κ3) is 5.81. The lowest BCUT2D eigenvalue weighted by molar-refractivity contribution is -0.129. The van der Waals surface area contributed by atoms with Crippen LogP contribution in [0.5, 0.6) is 11.5 Å². The van der Waals surface area contributed by atoms with Crippen molar-refractivity contribution in [3.63, 3.8) is 0 Å². The van der Waals surface area contributed by atoms with Crippen LogP contribution < -0.4 is 20.1 Å². The molecule has 2 N–H and O–H groups in total. The van der Waals surface area contributed by atoms with Crippen molar-refractivity contribution in [2.45, 2.75) is 38.6 Å². The standard InChI is InChI=1S/C17H24N2O4/c1-2-11-22-13-6-8-14(9-7-13)23-12-16(20)19-15-5-3-4-10-18-17(15)21/h6-9,15H,2-5,10-12H2,1H3,(H,18,21)(H,19,20)/t15-/m1/s1. The van der Waals surface area contributed by atoms with Crippen molar-refractivity contribution < 1.29 is 19.1 Å². The quantitative estimate of drug-likeness (QED) is 0.801. The Balaban J connectivity index is 1.76. The van der Waals surface area contributed by atoms with Gasteiger partial charge in [-0.15, -0.1) is 0 Å². The van der Waals surface area contributed by atoms with E-state index in [0.29, 0.717) is 25.3 Å². The smallest absolute Gasteiger partial charge is 0.258 e. The zero-order chi connectivity index (χ0) is 16.5. The number of ether oxygens (including phenoxy) is 2. The Labute approximate surface area is 136 Å². The van der Waals surface area contributed by atoms with Crippen LogP contribution in [0.1, 0.15) is 32.6 Å². The fraction of sp³-hybridized carbons (Fsp3) is 0.529. The van der Waals surface area contributed by atoms with Crippen LogP contribution in [0.3, 0.4) is 0 Å². The molecule has 1 fully saturated rings. The maximum absolute atomic E-state index is 11.9. The van der Waals surface area contributed by atoms with Crippen molar-refractivity contribution in [2.24, 2.45) is 0 Å². The summed E-state index contributed by atoms with van der Waals surface area (Å²) < 4.78 is 10.9. The lowest BCUT2D eigenvalue weighted by atomic mass is 10.1. The molecule has 0 aromatic heterocycles. The van der Waals surface area contributed by atoms with Gasteiger partial charge in [0, 0.05) is 6.54 Å². The van der Waals surface area contributed by atoms with Gasteiger partial charge in [0.05, 0.1) is 6.61 Å². The van der Waals surface area contributed by atoms with Crippen molar-refractivity contribution in [1.29, 1.82) is 0 Å². The lowest BCUT2D eigenvalue weighted by Gasteiger charge is -2.15. The number of hydrogen-bond donors (Lipinski definition) is 2. The van der Waals surface area contributed by atoms with Crippen molar-refractivity contribution >= 4 is 11.8 Å². The van der Waals surface area contributed by atoms with Crippen LogP contribution >= 0.6 is 0 Å². The summed E-state index contributed by atoms with van der Waals surface area (Å²) in [6, 6.07) is 6.68. The minimum atomic E-state index is -0.460. The summed E-state index contributed by atoms with van der Waals surface area (Å²) in [6.07, 6.45) is 3.49. The molecule has 1 aliphatic heterocycles. The molecule has 1 aromatic rings. The van der Waals surface area contributed by atoms with Crippen molar-refractivity contribution in [2.75, 3.05) is 19.8 Å². The van der Waals surface area contributed by atoms with E-state index in [1.54, 1.807) is 12.1 Å². The zero-order valence-corrected chi connectivity index (χ0v) is 13.5. The van der Waals surface area contributed by atoms with Gasteiger partial charge in [0.2, 0.25) is 5.91 Å². The van der Waals surface area contributed by atoms with Gasteiger partial charge in [-0.2, -0.15) is 0 Å². The van der Waals surface area contributed by atoms with E-state index in [0.717, 1.165) is 25.0 Å². The first-order valence-corrected chi connectivity index (χ1v) is 8.12. The Morgan fingerprint density at radius 2 is 1.91 bits per heavy atom. The number of hydrogen-bond acceptors (Lipinski definition) is 4. The molecule has 0 aliphatic carbocycles. The molecule has 0 bridgehead atoms. The van der Waals surface area contributed by atoms with Crippen LogP contribution in [-0.4, -0.2) is 37.6 Å². The molecule has 6 nitrogen and oxygen atoms in total. The van der Waals surface area contributed by atoms with Crippen molar-refractivity contribution in [3.8, 4) is 11.5 Å². The molecule has 0 radical (unpaired) electrons. The SMILES string of the molecule is CCCOc1ccc(OCC(=O)N[C@@H]2CCCCNC2=O)cc1. The van der Waals surface area contributed by atoms with Gasteiger partial charge < -0.3 is 20.1 Å². The average molecular weight is 320 g/mol. The monoisotopic (exact) mass is 320 g/mol. The van der Waals surface area contributed by atoms with Gasteiger partial charge in [-0.3, -0.25) is 9.59 Å². The molecule has 1 atom stereocenters. The Kier molecular flexibility index (Phi) is 6.72. The highest BCUT2D eigenvalue weighted by atomic mass is 16.5. The van der Waals surface area contributed by atoms with E-state index in [4.69, 9.17) is 9.47 Å². The molecular formula is C17H24N2O4. The lowest BCUT2D eigenvalue weighted by Crippen LogP contribution is -2.46. The minimum absolute atomic E-state index is 0.112. The molecule has 0 spiro atoms. The third-order valence-corrected chi connectivity index (χ3v) is 3.54. The Hall–Kier alpha value is -2.24. The van der Waals surface area contributed by atoms with E-state index in [-0.39, 0.29) is 18.4 Å². The van der Waals surface area contributed by atoms with Crippen LogP contribution in [0, 0.1) is 0 Å². The topological polar surface area (TPSA) is 76.7 Å². The summed E-state index contributed by atoms with van der Waals surface area (Å²) in [6.45, 7) is 3.28. The number of carbonyl (C=O) groups excluding carboxylic acids is 2. The number of rotatable bonds is 7.